The number of urea groups is 1. The van der Waals surface area contributed by atoms with E-state index in [0.717, 1.165) is 50.2 Å². The fourth-order valence-corrected chi connectivity index (χ4v) is 10.6. The van der Waals surface area contributed by atoms with Gasteiger partial charge in [0, 0.05) is 79.2 Å². The molecule has 3 aliphatic rings. The number of pyridine rings is 1. The smallest absolute Gasteiger partial charge is 0.324 e. The molecule has 0 radical (unpaired) electrons. The van der Waals surface area contributed by atoms with Gasteiger partial charge in [0.2, 0.25) is 5.91 Å². The van der Waals surface area contributed by atoms with E-state index in [1.807, 2.05) is 62.5 Å². The van der Waals surface area contributed by atoms with Gasteiger partial charge in [0.15, 0.2) is 0 Å². The molecule has 2 N–H and O–H groups in total. The molecule has 4 amide bonds. The molecule has 0 saturated carbocycles. The van der Waals surface area contributed by atoms with Crippen molar-refractivity contribution in [1.29, 1.82) is 0 Å². The van der Waals surface area contributed by atoms with E-state index in [0.29, 0.717) is 57.1 Å². The number of morpholine rings is 1. The average Bonchev–Trinajstić information content (AvgIpc) is 3.93. The van der Waals surface area contributed by atoms with E-state index in [9.17, 15) is 19.2 Å². The summed E-state index contributed by atoms with van der Waals surface area (Å²) in [6.45, 7) is 14.4. The maximum Gasteiger partial charge on any atom is 0.324 e. The summed E-state index contributed by atoms with van der Waals surface area (Å²) < 4.78 is 20.3. The number of aryl methyl sites for hydroxylation is 1. The highest BCUT2D eigenvalue weighted by Gasteiger charge is 2.39. The SMILES string of the molecule is CCn1c(-c2cccnc2[C@H](C)OC)c2c3cc(ccc31)-c1csc(n1)C[C@H](NC(=O)[C@H](C(C)C)N(C)C(=O)N1CCO[C@@H](c3ccccc3)C1)C(=O)N1CCC[C@H](N1)C(=O)OCC(C)(C)C2. The summed E-state index contributed by atoms with van der Waals surface area (Å²) in [4.78, 5) is 70.5. The van der Waals surface area contributed by atoms with Crippen molar-refractivity contribution in [1.82, 2.24) is 40.1 Å². The number of esters is 1. The third-order valence-electron chi connectivity index (χ3n) is 13.3. The molecule has 6 bridgehead atoms. The summed E-state index contributed by atoms with van der Waals surface area (Å²) in [6, 6.07) is 17.2. The quantitative estimate of drug-likeness (QED) is 0.143. The normalized spacial score (nSPS) is 21.1. The second kappa shape index (κ2) is 20.3. The minimum atomic E-state index is -1.07. The van der Waals surface area contributed by atoms with Crippen LogP contribution in [0.4, 0.5) is 4.79 Å². The van der Waals surface area contributed by atoms with Crippen molar-refractivity contribution >= 4 is 46.1 Å². The lowest BCUT2D eigenvalue weighted by molar-refractivity contribution is -0.155. The Kier molecular flexibility index (Phi) is 14.5. The van der Waals surface area contributed by atoms with Gasteiger partial charge in [-0.05, 0) is 74.4 Å². The molecule has 0 aliphatic carbocycles. The molecule has 0 unspecified atom stereocenters. The van der Waals surface area contributed by atoms with Crippen molar-refractivity contribution in [3.05, 3.63) is 94.1 Å². The number of fused-ring (bicyclic) bond motifs is 6. The van der Waals surface area contributed by atoms with Gasteiger partial charge in [-0.2, -0.15) is 0 Å². The Labute approximate surface area is 397 Å². The lowest BCUT2D eigenvalue weighted by Crippen LogP contribution is -2.62. The van der Waals surface area contributed by atoms with Crippen molar-refractivity contribution in [3.63, 3.8) is 0 Å². The number of likely N-dealkylation sites (N-methyl/N-ethyl adjacent to an activating group) is 1. The van der Waals surface area contributed by atoms with E-state index in [2.05, 4.69) is 60.3 Å². The number of cyclic esters (lactones) is 1. The van der Waals surface area contributed by atoms with Crippen molar-refractivity contribution in [2.75, 3.05) is 47.0 Å². The minimum absolute atomic E-state index is 0.0900. The number of amides is 4. The largest absolute Gasteiger partial charge is 0.464 e. The molecule has 5 aromatic rings. The number of hydrogen-bond acceptors (Lipinski definition) is 11. The number of carbonyl (C=O) groups excluding carboxylic acids is 4. The van der Waals surface area contributed by atoms with Crippen molar-refractivity contribution < 1.29 is 33.4 Å². The van der Waals surface area contributed by atoms with E-state index < -0.39 is 41.3 Å². The van der Waals surface area contributed by atoms with Crippen LogP contribution in [0.3, 0.4) is 0 Å². The number of hydrazine groups is 1. The van der Waals surface area contributed by atoms with Gasteiger partial charge < -0.3 is 33.9 Å². The molecule has 2 aromatic carbocycles. The molecule has 3 aromatic heterocycles. The Bertz CT molecular complexity index is 2590. The molecule has 2 saturated heterocycles. The molecule has 5 atom stereocenters. The first-order chi connectivity index (χ1) is 32.2. The molecule has 2 fully saturated rings. The van der Waals surface area contributed by atoms with Gasteiger partial charge in [0.25, 0.3) is 5.91 Å². The Morgan fingerprint density at radius 1 is 1.07 bits per heavy atom. The Morgan fingerprint density at radius 3 is 2.61 bits per heavy atom. The summed E-state index contributed by atoms with van der Waals surface area (Å²) in [5, 5.41) is 8.19. The highest BCUT2D eigenvalue weighted by Crippen LogP contribution is 2.42. The number of ether oxygens (including phenoxy) is 3. The van der Waals surface area contributed by atoms with Gasteiger partial charge in [0.1, 0.15) is 24.2 Å². The number of aromatic nitrogens is 3. The number of rotatable bonds is 9. The Hall–Kier alpha value is -5.68. The molecule has 356 valence electrons. The van der Waals surface area contributed by atoms with Crippen LogP contribution in [-0.2, 0) is 48.0 Å². The highest BCUT2D eigenvalue weighted by molar-refractivity contribution is 7.10. The number of benzene rings is 2. The highest BCUT2D eigenvalue weighted by atomic mass is 32.1. The predicted octanol–water partition coefficient (Wildman–Crippen LogP) is 7.35. The predicted molar refractivity (Wildman–Crippen MR) is 258 cm³/mol. The van der Waals surface area contributed by atoms with Crippen LogP contribution >= 0.6 is 11.3 Å². The van der Waals surface area contributed by atoms with Crippen LogP contribution in [0, 0.1) is 11.3 Å². The maximum atomic E-state index is 14.7. The maximum absolute atomic E-state index is 14.7. The lowest BCUT2D eigenvalue weighted by Gasteiger charge is -2.39. The first kappa shape index (κ1) is 47.8. The summed E-state index contributed by atoms with van der Waals surface area (Å²) >= 11 is 1.42. The van der Waals surface area contributed by atoms with E-state index in [-0.39, 0.29) is 37.2 Å². The molecule has 15 nitrogen and oxygen atoms in total. The molecule has 0 spiro atoms. The van der Waals surface area contributed by atoms with E-state index >= 15 is 0 Å². The molecule has 16 heteroatoms. The molecule has 6 heterocycles. The fourth-order valence-electron chi connectivity index (χ4n) is 9.78. The number of methoxy groups -OCH3 is 1. The first-order valence-electron chi connectivity index (χ1n) is 23.5. The monoisotopic (exact) mass is 932 g/mol. The third kappa shape index (κ3) is 10.1. The lowest BCUT2D eigenvalue weighted by atomic mass is 9.84. The van der Waals surface area contributed by atoms with Gasteiger partial charge in [-0.3, -0.25) is 24.4 Å². The topological polar surface area (TPSA) is 160 Å². The molecule has 3 aliphatic heterocycles. The summed E-state index contributed by atoms with van der Waals surface area (Å²) in [5.41, 5.74) is 10.3. The Balaban J connectivity index is 1.14. The van der Waals surface area contributed by atoms with Crippen LogP contribution in [0.25, 0.3) is 33.4 Å². The molecule has 8 rings (SSSR count). The van der Waals surface area contributed by atoms with Crippen LogP contribution < -0.4 is 10.7 Å². The number of hydrogen-bond donors (Lipinski definition) is 2. The van der Waals surface area contributed by atoms with Crippen LogP contribution in [0.2, 0.25) is 0 Å². The number of nitrogens with zero attached hydrogens (tertiary/aromatic N) is 6. The molecule has 67 heavy (non-hydrogen) atoms. The molecular weight excluding hydrogens is 869 g/mol. The van der Waals surface area contributed by atoms with Crippen LogP contribution in [0.15, 0.2) is 72.2 Å². The second-order valence-corrected chi connectivity index (χ2v) is 20.0. The zero-order chi connectivity index (χ0) is 47.6. The second-order valence-electron chi connectivity index (χ2n) is 19.1. The zero-order valence-corrected chi connectivity index (χ0v) is 40.7. The number of carbonyl (C=O) groups is 4. The van der Waals surface area contributed by atoms with Gasteiger partial charge in [-0.25, -0.2) is 15.2 Å². The molecular formula is C51H64N8O7S. The van der Waals surface area contributed by atoms with Gasteiger partial charge in [-0.15, -0.1) is 11.3 Å². The van der Waals surface area contributed by atoms with Crippen molar-refractivity contribution in [3.8, 4) is 22.5 Å². The average molecular weight is 933 g/mol. The van der Waals surface area contributed by atoms with E-state index in [1.54, 1.807) is 25.3 Å². The minimum Gasteiger partial charge on any atom is -0.464 e. The van der Waals surface area contributed by atoms with E-state index in [4.69, 9.17) is 24.2 Å². The third-order valence-corrected chi connectivity index (χ3v) is 14.2. The Morgan fingerprint density at radius 2 is 1.87 bits per heavy atom. The van der Waals surface area contributed by atoms with Crippen LogP contribution in [0.5, 0.6) is 0 Å². The van der Waals surface area contributed by atoms with E-state index in [1.165, 1.54) is 21.2 Å². The van der Waals surface area contributed by atoms with Gasteiger partial charge in [-0.1, -0.05) is 64.1 Å². The van der Waals surface area contributed by atoms with Crippen molar-refractivity contribution in [2.45, 2.75) is 104 Å². The fraction of sp³-hybridized carbons (Fsp3) is 0.490. The van der Waals surface area contributed by atoms with Crippen LogP contribution in [0.1, 0.15) is 88.4 Å². The summed E-state index contributed by atoms with van der Waals surface area (Å²) in [7, 11) is 3.33. The van der Waals surface area contributed by atoms with Gasteiger partial charge >= 0.3 is 12.0 Å². The number of nitrogens with one attached hydrogen (secondary N) is 2. The first-order valence-corrected chi connectivity index (χ1v) is 24.4. The standard InChI is InChI=1S/C51H64N8O7S/c1-9-58-41-20-19-34-25-36(41)37(46(58)35-17-13-21-52-44(35)32(4)64-8)27-51(5,6)30-66-49(62)38-18-14-22-59(55-38)48(61)39(26-43-53-40(34)29-67-43)54-47(60)45(31(2)3)56(7)50(63)57-23-24-65-42(28-57)33-15-11-10-12-16-33/h10-13,15-17,19-21,25,29,31-32,38-39,42,45,55H,9,14,18,22-24,26-28,30H2,1-8H3,(H,54,60)/t32-,38-,39-,42+,45-/m0/s1. The van der Waals surface area contributed by atoms with Gasteiger partial charge in [0.05, 0.1) is 48.0 Å². The summed E-state index contributed by atoms with van der Waals surface area (Å²) in [6.07, 6.45) is 2.95. The van der Waals surface area contributed by atoms with Crippen molar-refractivity contribution in [2.24, 2.45) is 11.3 Å². The number of thiazole rings is 1. The van der Waals surface area contributed by atoms with Crippen LogP contribution in [-0.4, -0.2) is 118 Å². The summed E-state index contributed by atoms with van der Waals surface area (Å²) in [5.74, 6) is -1.61. The zero-order valence-electron chi connectivity index (χ0n) is 39.9.